The van der Waals surface area contributed by atoms with Crippen LogP contribution in [-0.4, -0.2) is 37.5 Å². The zero-order chi connectivity index (χ0) is 12.9. The molecule has 1 aliphatic heterocycles. The van der Waals surface area contributed by atoms with Gasteiger partial charge in [-0.3, -0.25) is 0 Å². The molecule has 0 aromatic heterocycles. The van der Waals surface area contributed by atoms with Crippen LogP contribution in [0.5, 0.6) is 0 Å². The van der Waals surface area contributed by atoms with Crippen LogP contribution >= 0.6 is 0 Å². The van der Waals surface area contributed by atoms with Crippen LogP contribution in [0, 0.1) is 0 Å². The van der Waals surface area contributed by atoms with Gasteiger partial charge in [-0.1, -0.05) is 6.92 Å². The van der Waals surface area contributed by atoms with Crippen molar-refractivity contribution in [2.75, 3.05) is 13.7 Å². The molecule has 3 atom stereocenters. The predicted octanol–water partition coefficient (Wildman–Crippen LogP) is 2.74. The van der Waals surface area contributed by atoms with Crippen LogP contribution in [0.2, 0.25) is 0 Å². The molecule has 1 rings (SSSR count). The van der Waals surface area contributed by atoms with Crippen LogP contribution in [0.4, 0.5) is 0 Å². The first-order chi connectivity index (χ1) is 7.98. The zero-order valence-electron chi connectivity index (χ0n) is 12.1. The number of ether oxygens (including phenoxy) is 2. The first-order valence-electron chi connectivity index (χ1n) is 6.91. The Balaban J connectivity index is 2.30. The summed E-state index contributed by atoms with van der Waals surface area (Å²) < 4.78 is 11.4. The summed E-state index contributed by atoms with van der Waals surface area (Å²) in [5.74, 6) is 0. The first kappa shape index (κ1) is 14.9. The minimum atomic E-state index is -0.0723. The Morgan fingerprint density at radius 3 is 2.59 bits per heavy atom. The van der Waals surface area contributed by atoms with E-state index in [2.05, 4.69) is 33.0 Å². The van der Waals surface area contributed by atoms with Gasteiger partial charge in [0.1, 0.15) is 0 Å². The molecule has 0 amide bonds. The maximum Gasteiger partial charge on any atom is 0.0728 e. The maximum absolute atomic E-state index is 6.03. The van der Waals surface area contributed by atoms with E-state index in [0.717, 1.165) is 19.4 Å². The van der Waals surface area contributed by atoms with Gasteiger partial charge in [0.25, 0.3) is 0 Å². The molecule has 3 heteroatoms. The molecule has 0 bridgehead atoms. The normalized spacial score (nSPS) is 30.5. The molecule has 1 saturated heterocycles. The lowest BCUT2D eigenvalue weighted by Crippen LogP contribution is -2.50. The third kappa shape index (κ3) is 4.94. The quantitative estimate of drug-likeness (QED) is 0.778. The molecule has 102 valence electrons. The highest BCUT2D eigenvalue weighted by atomic mass is 16.5. The van der Waals surface area contributed by atoms with Crippen molar-refractivity contribution in [3.63, 3.8) is 0 Å². The van der Waals surface area contributed by atoms with Crippen LogP contribution < -0.4 is 5.32 Å². The third-order valence-corrected chi connectivity index (χ3v) is 3.86. The molecular formula is C14H29NO2. The van der Waals surface area contributed by atoms with E-state index < -0.39 is 0 Å². The SMILES string of the molecule is CCC1NC(C)CCC1OCCC(C)(C)OC. The van der Waals surface area contributed by atoms with Crippen molar-refractivity contribution >= 4 is 0 Å². The summed E-state index contributed by atoms with van der Waals surface area (Å²) in [5, 5.41) is 3.62. The van der Waals surface area contributed by atoms with E-state index in [1.807, 2.05) is 0 Å². The average molecular weight is 243 g/mol. The lowest BCUT2D eigenvalue weighted by Gasteiger charge is -2.36. The van der Waals surface area contributed by atoms with Crippen LogP contribution in [0.25, 0.3) is 0 Å². The monoisotopic (exact) mass is 243 g/mol. The van der Waals surface area contributed by atoms with Gasteiger partial charge in [-0.15, -0.1) is 0 Å². The van der Waals surface area contributed by atoms with Crippen molar-refractivity contribution < 1.29 is 9.47 Å². The number of methoxy groups -OCH3 is 1. The van der Waals surface area contributed by atoms with Crippen LogP contribution in [0.3, 0.4) is 0 Å². The van der Waals surface area contributed by atoms with Gasteiger partial charge in [0.05, 0.1) is 11.7 Å². The molecule has 1 heterocycles. The van der Waals surface area contributed by atoms with Gasteiger partial charge in [0.2, 0.25) is 0 Å². The summed E-state index contributed by atoms with van der Waals surface area (Å²) in [5.41, 5.74) is -0.0723. The molecule has 0 aliphatic carbocycles. The van der Waals surface area contributed by atoms with E-state index in [1.54, 1.807) is 7.11 Å². The van der Waals surface area contributed by atoms with E-state index in [9.17, 15) is 0 Å². The van der Waals surface area contributed by atoms with Crippen molar-refractivity contribution in [3.05, 3.63) is 0 Å². The molecule has 0 aromatic rings. The highest BCUT2D eigenvalue weighted by Crippen LogP contribution is 2.20. The summed E-state index contributed by atoms with van der Waals surface area (Å²) in [6, 6.07) is 1.15. The van der Waals surface area contributed by atoms with Gasteiger partial charge in [-0.25, -0.2) is 0 Å². The second-order valence-corrected chi connectivity index (χ2v) is 5.78. The lowest BCUT2D eigenvalue weighted by atomic mass is 9.94. The molecule has 1 fully saturated rings. The number of piperidine rings is 1. The van der Waals surface area contributed by atoms with Gasteiger partial charge in [-0.05, 0) is 46.5 Å². The number of hydrogen-bond acceptors (Lipinski definition) is 3. The average Bonchev–Trinajstić information content (AvgIpc) is 2.30. The molecule has 3 nitrogen and oxygen atoms in total. The number of rotatable bonds is 6. The van der Waals surface area contributed by atoms with Crippen molar-refractivity contribution in [2.45, 2.75) is 77.2 Å². The Kier molecular flexibility index (Phi) is 5.90. The van der Waals surface area contributed by atoms with Gasteiger partial charge in [0, 0.05) is 25.8 Å². The second-order valence-electron chi connectivity index (χ2n) is 5.78. The fourth-order valence-electron chi connectivity index (χ4n) is 2.31. The predicted molar refractivity (Wildman–Crippen MR) is 71.4 cm³/mol. The smallest absolute Gasteiger partial charge is 0.0728 e. The molecule has 1 aliphatic rings. The molecule has 0 radical (unpaired) electrons. The van der Waals surface area contributed by atoms with E-state index >= 15 is 0 Å². The van der Waals surface area contributed by atoms with E-state index in [-0.39, 0.29) is 5.60 Å². The molecule has 17 heavy (non-hydrogen) atoms. The Labute approximate surface area is 106 Å². The van der Waals surface area contributed by atoms with E-state index in [4.69, 9.17) is 9.47 Å². The highest BCUT2D eigenvalue weighted by molar-refractivity contribution is 4.85. The minimum absolute atomic E-state index is 0.0723. The van der Waals surface area contributed by atoms with Gasteiger partial charge in [-0.2, -0.15) is 0 Å². The second kappa shape index (κ2) is 6.72. The molecular weight excluding hydrogens is 214 g/mol. The molecule has 3 unspecified atom stereocenters. The molecule has 0 aromatic carbocycles. The molecule has 0 saturated carbocycles. The number of nitrogens with one attached hydrogen (secondary N) is 1. The topological polar surface area (TPSA) is 30.5 Å². The van der Waals surface area contributed by atoms with Crippen molar-refractivity contribution in [1.29, 1.82) is 0 Å². The van der Waals surface area contributed by atoms with Gasteiger partial charge < -0.3 is 14.8 Å². The minimum Gasteiger partial charge on any atom is -0.379 e. The largest absolute Gasteiger partial charge is 0.379 e. The van der Waals surface area contributed by atoms with E-state index in [0.29, 0.717) is 18.2 Å². The molecule has 0 spiro atoms. The van der Waals surface area contributed by atoms with Crippen molar-refractivity contribution in [3.8, 4) is 0 Å². The molecule has 1 N–H and O–H groups in total. The highest BCUT2D eigenvalue weighted by Gasteiger charge is 2.27. The van der Waals surface area contributed by atoms with Crippen LogP contribution in [0.15, 0.2) is 0 Å². The Hall–Kier alpha value is -0.120. The summed E-state index contributed by atoms with van der Waals surface area (Å²) in [6.45, 7) is 9.49. The fraction of sp³-hybridized carbons (Fsp3) is 1.00. The zero-order valence-corrected chi connectivity index (χ0v) is 12.1. The Morgan fingerprint density at radius 1 is 1.29 bits per heavy atom. The third-order valence-electron chi connectivity index (χ3n) is 3.86. The summed E-state index contributed by atoms with van der Waals surface area (Å²) in [7, 11) is 1.76. The van der Waals surface area contributed by atoms with Crippen molar-refractivity contribution in [2.24, 2.45) is 0 Å². The fourth-order valence-corrected chi connectivity index (χ4v) is 2.31. The van der Waals surface area contributed by atoms with E-state index in [1.165, 1.54) is 12.8 Å². The van der Waals surface area contributed by atoms with Crippen LogP contribution in [0.1, 0.15) is 53.4 Å². The lowest BCUT2D eigenvalue weighted by molar-refractivity contribution is -0.0452. The van der Waals surface area contributed by atoms with Gasteiger partial charge in [0.15, 0.2) is 0 Å². The first-order valence-corrected chi connectivity index (χ1v) is 6.91. The summed E-state index contributed by atoms with van der Waals surface area (Å²) in [4.78, 5) is 0. The van der Waals surface area contributed by atoms with Crippen LogP contribution in [-0.2, 0) is 9.47 Å². The van der Waals surface area contributed by atoms with Gasteiger partial charge >= 0.3 is 0 Å². The summed E-state index contributed by atoms with van der Waals surface area (Å²) in [6.07, 6.45) is 4.87. The summed E-state index contributed by atoms with van der Waals surface area (Å²) >= 11 is 0. The number of hydrogen-bond donors (Lipinski definition) is 1. The maximum atomic E-state index is 6.03. The Morgan fingerprint density at radius 2 is 2.00 bits per heavy atom. The standard InChI is InChI=1S/C14H29NO2/c1-6-12-13(8-7-11(2)15-12)17-10-9-14(3,4)16-5/h11-13,15H,6-10H2,1-5H3. The Bertz CT molecular complexity index is 218. The van der Waals surface area contributed by atoms with Crippen molar-refractivity contribution in [1.82, 2.24) is 5.32 Å².